The Labute approximate surface area is 155 Å². The van der Waals surface area contributed by atoms with Crippen molar-refractivity contribution in [3.63, 3.8) is 0 Å². The number of carbonyl (C=O) groups is 1. The molecule has 4 heterocycles. The van der Waals surface area contributed by atoms with Crippen molar-refractivity contribution in [3.05, 3.63) is 27.3 Å². The first kappa shape index (κ1) is 16.3. The standard InChI is InChI=1S/C15H15BrN6O2S/c16-9-5-11(22-12(9)13(17)18-7-19-22)10-6-25-14(20-10)8-1-3-21(4-2-8)15(23)24/h5-8H,1-4H2,(H,23,24)(H2,17,18,19). The van der Waals surface area contributed by atoms with Gasteiger partial charge in [0.1, 0.15) is 11.8 Å². The molecule has 0 radical (unpaired) electrons. The third-order valence-electron chi connectivity index (χ3n) is 4.44. The second kappa shape index (κ2) is 6.26. The van der Waals surface area contributed by atoms with Crippen molar-refractivity contribution in [3.8, 4) is 11.4 Å². The van der Waals surface area contributed by atoms with Crippen molar-refractivity contribution in [1.82, 2.24) is 24.5 Å². The van der Waals surface area contributed by atoms with E-state index in [1.165, 1.54) is 11.2 Å². The number of aromatic nitrogens is 4. The molecule has 130 valence electrons. The predicted molar refractivity (Wildman–Crippen MR) is 97.8 cm³/mol. The maximum Gasteiger partial charge on any atom is 0.407 e. The Morgan fingerprint density at radius 3 is 2.88 bits per heavy atom. The van der Waals surface area contributed by atoms with E-state index >= 15 is 0 Å². The van der Waals surface area contributed by atoms with Crippen LogP contribution in [0, 0.1) is 0 Å². The molecule has 10 heteroatoms. The van der Waals surface area contributed by atoms with Gasteiger partial charge in [0.2, 0.25) is 0 Å². The van der Waals surface area contributed by atoms with E-state index in [0.29, 0.717) is 24.8 Å². The molecule has 3 aromatic heterocycles. The lowest BCUT2D eigenvalue weighted by atomic mass is 9.98. The number of halogens is 1. The van der Waals surface area contributed by atoms with E-state index < -0.39 is 6.09 Å². The van der Waals surface area contributed by atoms with Gasteiger partial charge in [0, 0.05) is 28.9 Å². The summed E-state index contributed by atoms with van der Waals surface area (Å²) in [6.07, 6.45) is 2.17. The zero-order valence-electron chi connectivity index (χ0n) is 13.1. The topological polar surface area (TPSA) is 110 Å². The van der Waals surface area contributed by atoms with Crippen LogP contribution >= 0.6 is 27.3 Å². The number of nitrogens with two attached hydrogens (primary N) is 1. The molecule has 1 fully saturated rings. The number of anilines is 1. The van der Waals surface area contributed by atoms with E-state index in [2.05, 4.69) is 26.0 Å². The zero-order valence-corrected chi connectivity index (χ0v) is 15.5. The first-order valence-electron chi connectivity index (χ1n) is 7.76. The van der Waals surface area contributed by atoms with Gasteiger partial charge in [-0.15, -0.1) is 11.3 Å². The summed E-state index contributed by atoms with van der Waals surface area (Å²) in [5.41, 5.74) is 8.34. The van der Waals surface area contributed by atoms with E-state index in [1.807, 2.05) is 11.4 Å². The van der Waals surface area contributed by atoms with Crippen molar-refractivity contribution >= 4 is 44.7 Å². The maximum atomic E-state index is 11.0. The minimum atomic E-state index is -0.847. The Morgan fingerprint density at radius 2 is 2.16 bits per heavy atom. The normalized spacial score (nSPS) is 15.8. The van der Waals surface area contributed by atoms with Crippen molar-refractivity contribution in [2.75, 3.05) is 18.8 Å². The van der Waals surface area contributed by atoms with Gasteiger partial charge in [0.25, 0.3) is 0 Å². The van der Waals surface area contributed by atoms with E-state index in [0.717, 1.165) is 39.2 Å². The number of thiazole rings is 1. The van der Waals surface area contributed by atoms with Crippen molar-refractivity contribution in [2.45, 2.75) is 18.8 Å². The van der Waals surface area contributed by atoms with Crippen LogP contribution < -0.4 is 5.73 Å². The molecule has 0 spiro atoms. The molecule has 25 heavy (non-hydrogen) atoms. The smallest absolute Gasteiger partial charge is 0.407 e. The van der Waals surface area contributed by atoms with E-state index in [4.69, 9.17) is 15.8 Å². The van der Waals surface area contributed by atoms with Gasteiger partial charge in [-0.2, -0.15) is 5.10 Å². The summed E-state index contributed by atoms with van der Waals surface area (Å²) in [6.45, 7) is 1.11. The summed E-state index contributed by atoms with van der Waals surface area (Å²) < 4.78 is 2.56. The number of rotatable bonds is 2. The van der Waals surface area contributed by atoms with E-state index in [9.17, 15) is 4.79 Å². The fraction of sp³-hybridized carbons (Fsp3) is 0.333. The Balaban J connectivity index is 1.63. The van der Waals surface area contributed by atoms with Crippen molar-refractivity contribution in [2.24, 2.45) is 0 Å². The molecule has 4 rings (SSSR count). The van der Waals surface area contributed by atoms with Gasteiger partial charge in [-0.3, -0.25) is 0 Å². The number of amides is 1. The first-order valence-corrected chi connectivity index (χ1v) is 9.43. The monoisotopic (exact) mass is 422 g/mol. The van der Waals surface area contributed by atoms with Gasteiger partial charge >= 0.3 is 6.09 Å². The second-order valence-corrected chi connectivity index (χ2v) is 7.64. The van der Waals surface area contributed by atoms with Crippen LogP contribution in [0.15, 0.2) is 22.2 Å². The SMILES string of the molecule is Nc1ncnn2c(-c3csc(C4CCN(C(=O)O)CC4)n3)cc(Br)c12. The predicted octanol–water partition coefficient (Wildman–Crippen LogP) is 3.05. The number of hydrogen-bond acceptors (Lipinski definition) is 6. The summed E-state index contributed by atoms with van der Waals surface area (Å²) in [6, 6.07) is 1.94. The largest absolute Gasteiger partial charge is 0.465 e. The van der Waals surface area contributed by atoms with Gasteiger partial charge in [-0.25, -0.2) is 19.3 Å². The molecule has 1 aliphatic rings. The molecule has 1 saturated heterocycles. The summed E-state index contributed by atoms with van der Waals surface area (Å²) in [5.74, 6) is 0.702. The van der Waals surface area contributed by atoms with Gasteiger partial charge < -0.3 is 15.7 Å². The Morgan fingerprint density at radius 1 is 1.40 bits per heavy atom. The molecule has 0 aromatic carbocycles. The molecule has 0 aliphatic carbocycles. The minimum Gasteiger partial charge on any atom is -0.465 e. The number of piperidine rings is 1. The average molecular weight is 423 g/mol. The highest BCUT2D eigenvalue weighted by Crippen LogP contribution is 2.35. The number of fused-ring (bicyclic) bond motifs is 1. The van der Waals surface area contributed by atoms with E-state index in [1.54, 1.807) is 15.9 Å². The lowest BCUT2D eigenvalue weighted by molar-refractivity contribution is 0.132. The fourth-order valence-electron chi connectivity index (χ4n) is 3.12. The van der Waals surface area contributed by atoms with Crippen molar-refractivity contribution < 1.29 is 9.90 Å². The molecule has 3 N–H and O–H groups in total. The molecule has 0 saturated carbocycles. The van der Waals surface area contributed by atoms with Crippen LogP contribution in [0.3, 0.4) is 0 Å². The van der Waals surface area contributed by atoms with Crippen LogP contribution in [0.2, 0.25) is 0 Å². The van der Waals surface area contributed by atoms with Crippen LogP contribution in [0.1, 0.15) is 23.8 Å². The van der Waals surface area contributed by atoms with Crippen LogP contribution in [0.5, 0.6) is 0 Å². The molecule has 3 aromatic rings. The first-order chi connectivity index (χ1) is 12.0. The zero-order chi connectivity index (χ0) is 17.6. The highest BCUT2D eigenvalue weighted by Gasteiger charge is 2.26. The van der Waals surface area contributed by atoms with Gasteiger partial charge in [-0.1, -0.05) is 0 Å². The Bertz CT molecular complexity index is 947. The molecular formula is C15H15BrN6O2S. The van der Waals surface area contributed by atoms with Crippen molar-refractivity contribution in [1.29, 1.82) is 0 Å². The highest BCUT2D eigenvalue weighted by atomic mass is 79.9. The Kier molecular flexibility index (Phi) is 4.08. The fourth-order valence-corrected chi connectivity index (χ4v) is 4.69. The quantitative estimate of drug-likeness (QED) is 0.656. The summed E-state index contributed by atoms with van der Waals surface area (Å²) in [7, 11) is 0. The molecule has 1 amide bonds. The molecule has 0 atom stereocenters. The summed E-state index contributed by atoms with van der Waals surface area (Å²) in [5, 5.41) is 16.4. The van der Waals surface area contributed by atoms with Crippen LogP contribution in [0.25, 0.3) is 16.9 Å². The highest BCUT2D eigenvalue weighted by molar-refractivity contribution is 9.10. The number of carboxylic acid groups (broad SMARTS) is 1. The van der Waals surface area contributed by atoms with Gasteiger partial charge in [0.05, 0.1) is 16.4 Å². The number of hydrogen-bond donors (Lipinski definition) is 2. The van der Waals surface area contributed by atoms with Gasteiger partial charge in [0.15, 0.2) is 5.82 Å². The molecule has 8 nitrogen and oxygen atoms in total. The van der Waals surface area contributed by atoms with E-state index in [-0.39, 0.29) is 0 Å². The summed E-state index contributed by atoms with van der Waals surface area (Å²) >= 11 is 5.11. The molecular weight excluding hydrogens is 408 g/mol. The third-order valence-corrected chi connectivity index (χ3v) is 6.05. The molecule has 0 unspecified atom stereocenters. The minimum absolute atomic E-state index is 0.295. The Hall–Kier alpha value is -2.20. The number of nitrogens with zero attached hydrogens (tertiary/aromatic N) is 5. The second-order valence-electron chi connectivity index (χ2n) is 5.90. The lowest BCUT2D eigenvalue weighted by Gasteiger charge is -2.28. The lowest BCUT2D eigenvalue weighted by Crippen LogP contribution is -2.36. The van der Waals surface area contributed by atoms with Gasteiger partial charge in [-0.05, 0) is 34.8 Å². The average Bonchev–Trinajstić information content (AvgIpc) is 3.21. The molecule has 1 aliphatic heterocycles. The number of likely N-dealkylation sites (tertiary alicyclic amines) is 1. The number of nitrogen functional groups attached to an aromatic ring is 1. The van der Waals surface area contributed by atoms with Crippen LogP contribution in [-0.2, 0) is 0 Å². The maximum absolute atomic E-state index is 11.0. The summed E-state index contributed by atoms with van der Waals surface area (Å²) in [4.78, 5) is 21.3. The molecule has 0 bridgehead atoms. The van der Waals surface area contributed by atoms with Crippen LogP contribution in [0.4, 0.5) is 10.6 Å². The third kappa shape index (κ3) is 2.85. The van der Waals surface area contributed by atoms with Crippen LogP contribution in [-0.4, -0.2) is 48.8 Å².